The van der Waals surface area contributed by atoms with Gasteiger partial charge in [-0.25, -0.2) is 4.39 Å². The van der Waals surface area contributed by atoms with Gasteiger partial charge in [0.1, 0.15) is 11.9 Å². The highest BCUT2D eigenvalue weighted by Gasteiger charge is 2.08. The van der Waals surface area contributed by atoms with Crippen LogP contribution in [0.25, 0.3) is 0 Å². The maximum absolute atomic E-state index is 13.2. The van der Waals surface area contributed by atoms with Crippen molar-refractivity contribution >= 4 is 17.6 Å². The molecule has 0 saturated heterocycles. The molecule has 0 aliphatic rings. The highest BCUT2D eigenvalue weighted by Crippen LogP contribution is 2.18. The van der Waals surface area contributed by atoms with Crippen LogP contribution in [0.3, 0.4) is 0 Å². The molecule has 3 N–H and O–H groups in total. The number of hydrogen-bond donors (Lipinski definition) is 2. The van der Waals surface area contributed by atoms with Crippen LogP contribution >= 0.6 is 0 Å². The number of rotatable bonds is 5. The minimum atomic E-state index is -0.592. The van der Waals surface area contributed by atoms with Gasteiger partial charge in [-0.05, 0) is 24.6 Å². The summed E-state index contributed by atoms with van der Waals surface area (Å²) in [5.74, 6) is -0.435. The Morgan fingerprint density at radius 1 is 1.38 bits per heavy atom. The summed E-state index contributed by atoms with van der Waals surface area (Å²) in [6.45, 7) is 2.41. The van der Waals surface area contributed by atoms with Crippen molar-refractivity contribution in [3.63, 3.8) is 0 Å². The van der Waals surface area contributed by atoms with Crippen molar-refractivity contribution in [2.45, 2.75) is 13.3 Å². The molecule has 2 rings (SSSR count). The number of benzene rings is 1. The number of nitriles is 1. The standard InChI is InChI=1S/C13H13FN6O/c1-2-5-21-13-19-11(16)18-12(20-13)17-9-3-4-10(14)8(6-9)7-15/h3-4,6H,2,5H2,1H3,(H3,16,17,18,19,20). The molecular weight excluding hydrogens is 275 g/mol. The van der Waals surface area contributed by atoms with E-state index in [0.717, 1.165) is 6.42 Å². The zero-order valence-corrected chi connectivity index (χ0v) is 11.3. The number of nitrogens with two attached hydrogens (primary N) is 1. The number of nitrogens with zero attached hydrogens (tertiary/aromatic N) is 4. The molecule has 0 bridgehead atoms. The summed E-state index contributed by atoms with van der Waals surface area (Å²) < 4.78 is 18.5. The number of nitrogen functional groups attached to an aromatic ring is 1. The van der Waals surface area contributed by atoms with E-state index < -0.39 is 5.82 Å². The Morgan fingerprint density at radius 2 is 2.19 bits per heavy atom. The molecule has 21 heavy (non-hydrogen) atoms. The van der Waals surface area contributed by atoms with Crippen LogP contribution in [0.1, 0.15) is 18.9 Å². The predicted molar refractivity (Wildman–Crippen MR) is 74.4 cm³/mol. The van der Waals surface area contributed by atoms with E-state index in [-0.39, 0.29) is 23.5 Å². The van der Waals surface area contributed by atoms with E-state index >= 15 is 0 Å². The summed E-state index contributed by atoms with van der Waals surface area (Å²) in [5, 5.41) is 11.6. The normalized spacial score (nSPS) is 9.95. The van der Waals surface area contributed by atoms with E-state index in [1.807, 2.05) is 6.92 Å². The first-order chi connectivity index (χ1) is 10.1. The molecular formula is C13H13FN6O. The molecule has 7 nitrogen and oxygen atoms in total. The van der Waals surface area contributed by atoms with Crippen LogP contribution < -0.4 is 15.8 Å². The first-order valence-electron chi connectivity index (χ1n) is 6.23. The lowest BCUT2D eigenvalue weighted by Crippen LogP contribution is -2.07. The summed E-state index contributed by atoms with van der Waals surface area (Å²) in [4.78, 5) is 11.8. The Hall–Kier alpha value is -2.95. The van der Waals surface area contributed by atoms with Crippen molar-refractivity contribution in [2.75, 3.05) is 17.7 Å². The highest BCUT2D eigenvalue weighted by molar-refractivity contribution is 5.57. The maximum Gasteiger partial charge on any atom is 0.323 e. The molecule has 1 aromatic carbocycles. The van der Waals surface area contributed by atoms with Crippen molar-refractivity contribution in [1.82, 2.24) is 15.0 Å². The number of nitrogens with one attached hydrogen (secondary N) is 1. The van der Waals surface area contributed by atoms with E-state index in [1.54, 1.807) is 6.07 Å². The number of anilines is 3. The van der Waals surface area contributed by atoms with Crippen LogP contribution in [-0.4, -0.2) is 21.6 Å². The lowest BCUT2D eigenvalue weighted by molar-refractivity contribution is 0.292. The van der Waals surface area contributed by atoms with Crippen molar-refractivity contribution < 1.29 is 9.13 Å². The van der Waals surface area contributed by atoms with Crippen LogP contribution in [0.2, 0.25) is 0 Å². The van der Waals surface area contributed by atoms with Gasteiger partial charge in [-0.15, -0.1) is 0 Å². The molecule has 2 aromatic rings. The zero-order valence-electron chi connectivity index (χ0n) is 11.3. The van der Waals surface area contributed by atoms with E-state index in [4.69, 9.17) is 15.7 Å². The summed E-state index contributed by atoms with van der Waals surface area (Å²) in [6, 6.07) is 5.85. The van der Waals surface area contributed by atoms with Crippen molar-refractivity contribution in [2.24, 2.45) is 0 Å². The van der Waals surface area contributed by atoms with Crippen LogP contribution in [0.15, 0.2) is 18.2 Å². The second kappa shape index (κ2) is 6.47. The van der Waals surface area contributed by atoms with Gasteiger partial charge in [0.25, 0.3) is 0 Å². The van der Waals surface area contributed by atoms with Gasteiger partial charge in [0.05, 0.1) is 12.2 Å². The topological polar surface area (TPSA) is 110 Å². The van der Waals surface area contributed by atoms with E-state index in [1.165, 1.54) is 18.2 Å². The summed E-state index contributed by atoms with van der Waals surface area (Å²) in [6.07, 6.45) is 0.803. The Bertz CT molecular complexity index is 685. The predicted octanol–water partition coefficient (Wildman–Crippen LogP) is 2.00. The van der Waals surface area contributed by atoms with Gasteiger partial charge in [0.15, 0.2) is 0 Å². The van der Waals surface area contributed by atoms with Crippen LogP contribution in [-0.2, 0) is 0 Å². The van der Waals surface area contributed by atoms with Gasteiger partial charge in [0, 0.05) is 5.69 Å². The van der Waals surface area contributed by atoms with Crippen molar-refractivity contribution in [3.05, 3.63) is 29.6 Å². The van der Waals surface area contributed by atoms with Gasteiger partial charge in [0.2, 0.25) is 11.9 Å². The average Bonchev–Trinajstić information content (AvgIpc) is 2.46. The average molecular weight is 288 g/mol. The monoisotopic (exact) mass is 288 g/mol. The number of aromatic nitrogens is 3. The number of halogens is 1. The molecule has 0 fully saturated rings. The third kappa shape index (κ3) is 3.76. The molecule has 0 amide bonds. The van der Waals surface area contributed by atoms with Crippen LogP contribution in [0, 0.1) is 17.1 Å². The first kappa shape index (κ1) is 14.5. The van der Waals surface area contributed by atoms with Crippen LogP contribution in [0.5, 0.6) is 6.01 Å². The Labute approximate surface area is 120 Å². The lowest BCUT2D eigenvalue weighted by atomic mass is 10.2. The molecule has 108 valence electrons. The molecule has 0 unspecified atom stereocenters. The number of hydrogen-bond acceptors (Lipinski definition) is 7. The van der Waals surface area contributed by atoms with Crippen molar-refractivity contribution in [1.29, 1.82) is 5.26 Å². The zero-order chi connectivity index (χ0) is 15.2. The molecule has 1 aromatic heterocycles. The van der Waals surface area contributed by atoms with Crippen LogP contribution in [0.4, 0.5) is 22.0 Å². The minimum absolute atomic E-state index is 0.00113. The second-order valence-electron chi connectivity index (χ2n) is 4.08. The largest absolute Gasteiger partial charge is 0.463 e. The molecule has 0 aliphatic heterocycles. The summed E-state index contributed by atoms with van der Waals surface area (Å²) in [5.41, 5.74) is 5.95. The molecule has 1 heterocycles. The molecule has 8 heteroatoms. The highest BCUT2D eigenvalue weighted by atomic mass is 19.1. The van der Waals surface area contributed by atoms with Gasteiger partial charge < -0.3 is 15.8 Å². The SMILES string of the molecule is CCCOc1nc(N)nc(Nc2ccc(F)c(C#N)c2)n1. The van der Waals surface area contributed by atoms with Gasteiger partial charge in [-0.2, -0.15) is 20.2 Å². The lowest BCUT2D eigenvalue weighted by Gasteiger charge is -2.08. The molecule has 0 radical (unpaired) electrons. The number of ether oxygens (including phenoxy) is 1. The quantitative estimate of drug-likeness (QED) is 0.865. The van der Waals surface area contributed by atoms with Crippen molar-refractivity contribution in [3.8, 4) is 12.1 Å². The Kier molecular flexibility index (Phi) is 4.46. The molecule has 0 atom stereocenters. The fourth-order valence-corrected chi connectivity index (χ4v) is 1.50. The third-order valence-electron chi connectivity index (χ3n) is 2.41. The Morgan fingerprint density at radius 3 is 2.90 bits per heavy atom. The van der Waals surface area contributed by atoms with E-state index in [2.05, 4.69) is 20.3 Å². The molecule has 0 aliphatic carbocycles. The smallest absolute Gasteiger partial charge is 0.323 e. The summed E-state index contributed by atoms with van der Waals surface area (Å²) >= 11 is 0. The molecule has 0 saturated carbocycles. The maximum atomic E-state index is 13.2. The minimum Gasteiger partial charge on any atom is -0.463 e. The summed E-state index contributed by atoms with van der Waals surface area (Å²) in [7, 11) is 0. The van der Waals surface area contributed by atoms with Gasteiger partial charge >= 0.3 is 6.01 Å². The Balaban J connectivity index is 2.23. The van der Waals surface area contributed by atoms with Gasteiger partial charge in [-0.3, -0.25) is 0 Å². The fraction of sp³-hybridized carbons (Fsp3) is 0.231. The van der Waals surface area contributed by atoms with E-state index in [0.29, 0.717) is 12.3 Å². The molecule has 0 spiro atoms. The first-order valence-corrected chi connectivity index (χ1v) is 6.23. The third-order valence-corrected chi connectivity index (χ3v) is 2.41. The fourth-order valence-electron chi connectivity index (χ4n) is 1.50. The van der Waals surface area contributed by atoms with E-state index in [9.17, 15) is 4.39 Å². The van der Waals surface area contributed by atoms with Gasteiger partial charge in [-0.1, -0.05) is 6.92 Å². The second-order valence-corrected chi connectivity index (χ2v) is 4.08.